The fourth-order valence-corrected chi connectivity index (χ4v) is 2.60. The number of hydrogen-bond donors (Lipinski definition) is 1. The molecule has 0 spiro atoms. The molecule has 0 aliphatic carbocycles. The lowest BCUT2D eigenvalue weighted by molar-refractivity contribution is 0.354. The van der Waals surface area contributed by atoms with E-state index in [4.69, 9.17) is 4.74 Å². The maximum atomic E-state index is 5.15. The summed E-state index contributed by atoms with van der Waals surface area (Å²) < 4.78 is 7.19. The molecule has 0 bridgehead atoms. The van der Waals surface area contributed by atoms with Crippen LogP contribution in [0, 0.1) is 0 Å². The summed E-state index contributed by atoms with van der Waals surface area (Å²) in [5.74, 6) is 2.72. The number of fused-ring (bicyclic) bond motifs is 1. The molecular weight excluding hydrogens is 266 g/mol. The van der Waals surface area contributed by atoms with E-state index < -0.39 is 0 Å². The van der Waals surface area contributed by atoms with Crippen LogP contribution in [-0.2, 0) is 25.9 Å². The predicted molar refractivity (Wildman–Crippen MR) is 79.1 cm³/mol. The minimum atomic E-state index is 0.414. The molecule has 0 amide bonds. The molecule has 1 aliphatic rings. The largest absolute Gasteiger partial charge is 0.481 e. The van der Waals surface area contributed by atoms with Gasteiger partial charge in [0.05, 0.1) is 19.3 Å². The Morgan fingerprint density at radius 2 is 2.29 bits per heavy atom. The molecule has 1 atom stereocenters. The van der Waals surface area contributed by atoms with Crippen molar-refractivity contribution in [2.75, 3.05) is 7.11 Å². The van der Waals surface area contributed by atoms with E-state index in [9.17, 15) is 0 Å². The fourth-order valence-electron chi connectivity index (χ4n) is 2.60. The highest BCUT2D eigenvalue weighted by molar-refractivity contribution is 5.15. The van der Waals surface area contributed by atoms with Crippen molar-refractivity contribution in [1.82, 2.24) is 25.1 Å². The van der Waals surface area contributed by atoms with E-state index >= 15 is 0 Å². The zero-order valence-electron chi connectivity index (χ0n) is 12.5. The van der Waals surface area contributed by atoms with Crippen LogP contribution >= 0.6 is 0 Å². The van der Waals surface area contributed by atoms with Gasteiger partial charge in [-0.25, -0.2) is 14.6 Å². The minimum Gasteiger partial charge on any atom is -0.481 e. The molecule has 1 aliphatic heterocycles. The lowest BCUT2D eigenvalue weighted by Crippen LogP contribution is -2.37. The molecule has 3 heterocycles. The van der Waals surface area contributed by atoms with Gasteiger partial charge in [0.2, 0.25) is 5.88 Å². The van der Waals surface area contributed by atoms with Crippen LogP contribution in [0.5, 0.6) is 5.88 Å². The van der Waals surface area contributed by atoms with Crippen molar-refractivity contribution in [1.29, 1.82) is 0 Å². The third kappa shape index (κ3) is 3.21. The molecule has 2 aromatic rings. The number of rotatable bonds is 5. The SMILES string of the molecule is CCc1nc2n(n1)CC(NCc1cccc(OC)n1)CC2. The van der Waals surface area contributed by atoms with Crippen LogP contribution in [0.4, 0.5) is 0 Å². The normalized spacial score (nSPS) is 17.5. The van der Waals surface area contributed by atoms with Crippen LogP contribution in [-0.4, -0.2) is 32.9 Å². The van der Waals surface area contributed by atoms with Crippen LogP contribution < -0.4 is 10.1 Å². The van der Waals surface area contributed by atoms with E-state index in [-0.39, 0.29) is 0 Å². The molecule has 1 N–H and O–H groups in total. The number of ether oxygens (including phenoxy) is 1. The molecule has 0 radical (unpaired) electrons. The van der Waals surface area contributed by atoms with Crippen molar-refractivity contribution in [3.63, 3.8) is 0 Å². The third-order valence-corrected chi connectivity index (χ3v) is 3.78. The highest BCUT2D eigenvalue weighted by Crippen LogP contribution is 2.14. The number of nitrogens with one attached hydrogen (secondary N) is 1. The summed E-state index contributed by atoms with van der Waals surface area (Å²) in [7, 11) is 1.64. The Morgan fingerprint density at radius 3 is 3.10 bits per heavy atom. The maximum absolute atomic E-state index is 5.15. The molecule has 3 rings (SSSR count). The Hall–Kier alpha value is -1.95. The Labute approximate surface area is 124 Å². The molecule has 6 nitrogen and oxygen atoms in total. The van der Waals surface area contributed by atoms with Crippen LogP contribution in [0.25, 0.3) is 0 Å². The summed E-state index contributed by atoms with van der Waals surface area (Å²) in [6.07, 6.45) is 2.97. The van der Waals surface area contributed by atoms with Crippen LogP contribution in [0.15, 0.2) is 18.2 Å². The predicted octanol–water partition coefficient (Wildman–Crippen LogP) is 1.35. The first-order valence-corrected chi connectivity index (χ1v) is 7.44. The molecule has 0 fully saturated rings. The van der Waals surface area contributed by atoms with Gasteiger partial charge in [0.25, 0.3) is 0 Å². The topological polar surface area (TPSA) is 64.9 Å². The molecule has 0 saturated heterocycles. The van der Waals surface area contributed by atoms with Gasteiger partial charge in [0.1, 0.15) is 5.82 Å². The van der Waals surface area contributed by atoms with E-state index in [1.165, 1.54) is 0 Å². The summed E-state index contributed by atoms with van der Waals surface area (Å²) in [6, 6.07) is 6.25. The maximum Gasteiger partial charge on any atom is 0.213 e. The van der Waals surface area contributed by atoms with E-state index in [2.05, 4.69) is 27.3 Å². The van der Waals surface area contributed by atoms with Gasteiger partial charge in [-0.2, -0.15) is 5.10 Å². The molecule has 1 unspecified atom stereocenters. The van der Waals surface area contributed by atoms with E-state index in [0.29, 0.717) is 11.9 Å². The summed E-state index contributed by atoms with van der Waals surface area (Å²) in [6.45, 7) is 3.71. The minimum absolute atomic E-state index is 0.414. The van der Waals surface area contributed by atoms with Crippen molar-refractivity contribution in [2.45, 2.75) is 45.3 Å². The fraction of sp³-hybridized carbons (Fsp3) is 0.533. The average Bonchev–Trinajstić information content (AvgIpc) is 2.95. The molecule has 0 aromatic carbocycles. The Kier molecular flexibility index (Phi) is 4.15. The van der Waals surface area contributed by atoms with E-state index in [1.807, 2.05) is 22.9 Å². The monoisotopic (exact) mass is 287 g/mol. The number of aromatic nitrogens is 4. The highest BCUT2D eigenvalue weighted by atomic mass is 16.5. The standard InChI is InChI=1S/C15H21N5O/c1-3-13-18-14-8-7-12(10-20(14)19-13)16-9-11-5-4-6-15(17-11)21-2/h4-6,12,16H,3,7-10H2,1-2H3. The van der Waals surface area contributed by atoms with Crippen molar-refractivity contribution in [3.8, 4) is 5.88 Å². The van der Waals surface area contributed by atoms with Crippen molar-refractivity contribution in [3.05, 3.63) is 35.5 Å². The molecule has 0 saturated carbocycles. The van der Waals surface area contributed by atoms with Crippen molar-refractivity contribution < 1.29 is 4.74 Å². The first-order chi connectivity index (χ1) is 10.3. The van der Waals surface area contributed by atoms with Gasteiger partial charge in [-0.15, -0.1) is 0 Å². The highest BCUT2D eigenvalue weighted by Gasteiger charge is 2.20. The zero-order valence-corrected chi connectivity index (χ0v) is 12.5. The molecule has 2 aromatic heterocycles. The average molecular weight is 287 g/mol. The zero-order chi connectivity index (χ0) is 14.7. The van der Waals surface area contributed by atoms with Gasteiger partial charge >= 0.3 is 0 Å². The number of methoxy groups -OCH3 is 1. The number of nitrogens with zero attached hydrogens (tertiary/aromatic N) is 4. The summed E-state index contributed by atoms with van der Waals surface area (Å²) in [5, 5.41) is 8.08. The van der Waals surface area contributed by atoms with Crippen LogP contribution in [0.2, 0.25) is 0 Å². The van der Waals surface area contributed by atoms with Crippen LogP contribution in [0.1, 0.15) is 30.7 Å². The number of aryl methyl sites for hydroxylation is 2. The van der Waals surface area contributed by atoms with Gasteiger partial charge in [0, 0.05) is 31.5 Å². The number of pyridine rings is 1. The Balaban J connectivity index is 1.59. The second kappa shape index (κ2) is 6.22. The van der Waals surface area contributed by atoms with E-state index in [0.717, 1.165) is 49.7 Å². The first-order valence-electron chi connectivity index (χ1n) is 7.44. The Morgan fingerprint density at radius 1 is 1.38 bits per heavy atom. The van der Waals surface area contributed by atoms with Crippen molar-refractivity contribution >= 4 is 0 Å². The lowest BCUT2D eigenvalue weighted by Gasteiger charge is -2.23. The Bertz CT molecular complexity index is 610. The lowest BCUT2D eigenvalue weighted by atomic mass is 10.1. The summed E-state index contributed by atoms with van der Waals surface area (Å²) >= 11 is 0. The second-order valence-corrected chi connectivity index (χ2v) is 5.27. The smallest absolute Gasteiger partial charge is 0.213 e. The molecule has 6 heteroatoms. The van der Waals surface area contributed by atoms with Gasteiger partial charge < -0.3 is 10.1 Å². The molecule has 21 heavy (non-hydrogen) atoms. The molecular formula is C15H21N5O. The van der Waals surface area contributed by atoms with Crippen molar-refractivity contribution in [2.24, 2.45) is 0 Å². The van der Waals surface area contributed by atoms with Gasteiger partial charge in [0.15, 0.2) is 5.82 Å². The van der Waals surface area contributed by atoms with Gasteiger partial charge in [-0.1, -0.05) is 13.0 Å². The quantitative estimate of drug-likeness (QED) is 0.899. The van der Waals surface area contributed by atoms with Gasteiger partial charge in [-0.05, 0) is 12.5 Å². The van der Waals surface area contributed by atoms with Gasteiger partial charge in [-0.3, -0.25) is 0 Å². The molecule has 112 valence electrons. The first kappa shape index (κ1) is 14.0. The second-order valence-electron chi connectivity index (χ2n) is 5.27. The third-order valence-electron chi connectivity index (χ3n) is 3.78. The number of hydrogen-bond acceptors (Lipinski definition) is 5. The van der Waals surface area contributed by atoms with Crippen LogP contribution in [0.3, 0.4) is 0 Å². The summed E-state index contributed by atoms with van der Waals surface area (Å²) in [5.41, 5.74) is 0.994. The van der Waals surface area contributed by atoms with E-state index in [1.54, 1.807) is 7.11 Å². The summed E-state index contributed by atoms with van der Waals surface area (Å²) in [4.78, 5) is 8.96.